The minimum Gasteiger partial charge on any atom is -0.310 e. The molecular weight excluding hydrogens is 361 g/mol. The number of carbonyl (C=O) groups is 1. The third-order valence-corrected chi connectivity index (χ3v) is 4.65. The predicted molar refractivity (Wildman–Crippen MR) is 93.2 cm³/mol. The molecule has 1 aliphatic rings. The van der Waals surface area contributed by atoms with Crippen molar-refractivity contribution in [3.8, 4) is 5.82 Å². The highest BCUT2D eigenvalue weighted by Gasteiger charge is 2.34. The highest BCUT2D eigenvalue weighted by atomic mass is 35.5. The summed E-state index contributed by atoms with van der Waals surface area (Å²) in [6.07, 6.45) is 0.171. The number of amides is 1. The fourth-order valence-corrected chi connectivity index (χ4v) is 3.52. The number of halogens is 2. The molecule has 26 heavy (non-hydrogen) atoms. The minimum atomic E-state index is -0.441. The number of aromatic amines is 1. The van der Waals surface area contributed by atoms with Gasteiger partial charge in [0, 0.05) is 29.0 Å². The molecule has 0 bridgehead atoms. The Morgan fingerprint density at radius 1 is 1.27 bits per heavy atom. The number of hydrogen-bond donors (Lipinski definition) is 2. The number of aromatic nitrogens is 4. The van der Waals surface area contributed by atoms with Crippen LogP contribution >= 0.6 is 11.6 Å². The third kappa shape index (κ3) is 2.68. The first-order valence-corrected chi connectivity index (χ1v) is 8.22. The number of carbonyl (C=O) groups excluding carboxylic acids is 1. The number of aryl methyl sites for hydroxylation is 1. The van der Waals surface area contributed by atoms with Crippen LogP contribution in [0.5, 0.6) is 0 Å². The van der Waals surface area contributed by atoms with Gasteiger partial charge in [-0.25, -0.2) is 9.49 Å². The van der Waals surface area contributed by atoms with Gasteiger partial charge in [0.25, 0.3) is 5.56 Å². The monoisotopic (exact) mass is 373 g/mol. The van der Waals surface area contributed by atoms with Gasteiger partial charge in [0.05, 0.1) is 5.69 Å². The first-order chi connectivity index (χ1) is 12.4. The van der Waals surface area contributed by atoms with Gasteiger partial charge < -0.3 is 5.32 Å². The van der Waals surface area contributed by atoms with E-state index in [9.17, 15) is 14.0 Å². The first-order valence-electron chi connectivity index (χ1n) is 7.84. The summed E-state index contributed by atoms with van der Waals surface area (Å²) in [5.41, 5.74) is 1.78. The molecule has 0 aliphatic carbocycles. The standard InChI is InChI=1S/C17H13ClFN5O2/c1-8-16-11(10-3-2-9(19)6-12(10)18)7-15(26)20-17(16)24(23-8)13-4-5-14(25)22-21-13/h2-6,11H,7H2,1H3,(H,20,26)(H,22,25)/t11-/m0/s1. The summed E-state index contributed by atoms with van der Waals surface area (Å²) in [4.78, 5) is 23.5. The van der Waals surface area contributed by atoms with E-state index in [0.29, 0.717) is 22.9 Å². The van der Waals surface area contributed by atoms with Crippen molar-refractivity contribution in [3.63, 3.8) is 0 Å². The molecule has 2 aromatic heterocycles. The number of hydrogen-bond acceptors (Lipinski definition) is 4. The molecule has 9 heteroatoms. The second kappa shape index (κ2) is 6.06. The molecule has 132 valence electrons. The van der Waals surface area contributed by atoms with E-state index in [4.69, 9.17) is 11.6 Å². The fourth-order valence-electron chi connectivity index (χ4n) is 3.22. The Labute approximate surface area is 151 Å². The lowest BCUT2D eigenvalue weighted by atomic mass is 9.86. The van der Waals surface area contributed by atoms with Crippen LogP contribution in [0.1, 0.15) is 29.2 Å². The molecule has 7 nitrogen and oxygen atoms in total. The molecule has 0 saturated carbocycles. The maximum absolute atomic E-state index is 13.4. The Balaban J connectivity index is 1.89. The molecule has 1 amide bonds. The molecular formula is C17H13ClFN5O2. The van der Waals surface area contributed by atoms with Crippen LogP contribution in [-0.2, 0) is 4.79 Å². The van der Waals surface area contributed by atoms with Crippen molar-refractivity contribution < 1.29 is 9.18 Å². The lowest BCUT2D eigenvalue weighted by Crippen LogP contribution is -2.25. The lowest BCUT2D eigenvalue weighted by Gasteiger charge is -2.25. The summed E-state index contributed by atoms with van der Waals surface area (Å²) in [6.45, 7) is 1.81. The molecule has 0 spiro atoms. The third-order valence-electron chi connectivity index (χ3n) is 4.32. The highest BCUT2D eigenvalue weighted by molar-refractivity contribution is 6.31. The van der Waals surface area contributed by atoms with Crippen LogP contribution in [0.2, 0.25) is 5.02 Å². The van der Waals surface area contributed by atoms with Crippen LogP contribution in [0.3, 0.4) is 0 Å². The highest BCUT2D eigenvalue weighted by Crippen LogP contribution is 2.42. The van der Waals surface area contributed by atoms with Crippen molar-refractivity contribution >= 4 is 23.3 Å². The van der Waals surface area contributed by atoms with E-state index in [-0.39, 0.29) is 28.8 Å². The quantitative estimate of drug-likeness (QED) is 0.722. The predicted octanol–water partition coefficient (Wildman–Crippen LogP) is 2.53. The Hall–Kier alpha value is -3.00. The molecule has 1 aliphatic heterocycles. The van der Waals surface area contributed by atoms with Crippen molar-refractivity contribution in [2.24, 2.45) is 0 Å². The molecule has 2 N–H and O–H groups in total. The number of rotatable bonds is 2. The second-order valence-corrected chi connectivity index (χ2v) is 6.42. The van der Waals surface area contributed by atoms with Crippen LogP contribution in [0, 0.1) is 12.7 Å². The Kier molecular flexibility index (Phi) is 3.84. The molecule has 1 aromatic carbocycles. The molecule has 3 heterocycles. The van der Waals surface area contributed by atoms with Crippen LogP contribution in [0.25, 0.3) is 5.82 Å². The van der Waals surface area contributed by atoms with E-state index in [0.717, 1.165) is 5.56 Å². The maximum atomic E-state index is 13.4. The number of nitrogens with one attached hydrogen (secondary N) is 2. The normalized spacial score (nSPS) is 16.3. The number of anilines is 1. The van der Waals surface area contributed by atoms with Crippen molar-refractivity contribution in [3.05, 3.63) is 68.3 Å². The summed E-state index contributed by atoms with van der Waals surface area (Å²) in [5.74, 6) is -0.190. The van der Waals surface area contributed by atoms with E-state index in [1.807, 2.05) is 6.92 Å². The van der Waals surface area contributed by atoms with Gasteiger partial charge in [-0.05, 0) is 30.7 Å². The van der Waals surface area contributed by atoms with Gasteiger partial charge in [0.15, 0.2) is 5.82 Å². The maximum Gasteiger partial charge on any atom is 0.264 e. The summed E-state index contributed by atoms with van der Waals surface area (Å²) in [5, 5.41) is 13.8. The molecule has 0 unspecified atom stereocenters. The molecule has 3 aromatic rings. The molecule has 0 saturated heterocycles. The molecule has 1 atom stereocenters. The van der Waals surface area contributed by atoms with Gasteiger partial charge in [-0.15, -0.1) is 0 Å². The summed E-state index contributed by atoms with van der Waals surface area (Å²) in [6, 6.07) is 6.96. The minimum absolute atomic E-state index is 0.171. The smallest absolute Gasteiger partial charge is 0.264 e. The fraction of sp³-hybridized carbons (Fsp3) is 0.176. The van der Waals surface area contributed by atoms with Gasteiger partial charge in [-0.1, -0.05) is 17.7 Å². The number of fused-ring (bicyclic) bond motifs is 1. The molecule has 0 radical (unpaired) electrons. The number of benzene rings is 1. The zero-order valence-electron chi connectivity index (χ0n) is 13.6. The van der Waals surface area contributed by atoms with Crippen molar-refractivity contribution in [2.75, 3.05) is 5.32 Å². The van der Waals surface area contributed by atoms with Crippen LogP contribution in [0.15, 0.2) is 35.1 Å². The van der Waals surface area contributed by atoms with Gasteiger partial charge in [0.1, 0.15) is 11.6 Å². The van der Waals surface area contributed by atoms with Gasteiger partial charge in [-0.3, -0.25) is 9.59 Å². The summed E-state index contributed by atoms with van der Waals surface area (Å²) < 4.78 is 14.9. The molecule has 0 fully saturated rings. The lowest BCUT2D eigenvalue weighted by molar-refractivity contribution is -0.116. The topological polar surface area (TPSA) is 92.7 Å². The van der Waals surface area contributed by atoms with Crippen LogP contribution in [0.4, 0.5) is 10.2 Å². The zero-order chi connectivity index (χ0) is 18.4. The molecule has 4 rings (SSSR count). The Morgan fingerprint density at radius 2 is 2.08 bits per heavy atom. The van der Waals surface area contributed by atoms with E-state index in [2.05, 4.69) is 20.6 Å². The van der Waals surface area contributed by atoms with Crippen molar-refractivity contribution in [1.82, 2.24) is 20.0 Å². The number of nitrogens with zero attached hydrogens (tertiary/aromatic N) is 3. The van der Waals surface area contributed by atoms with E-state index in [1.165, 1.54) is 28.9 Å². The van der Waals surface area contributed by atoms with Crippen LogP contribution in [-0.4, -0.2) is 25.9 Å². The summed E-state index contributed by atoms with van der Waals surface area (Å²) >= 11 is 6.22. The van der Waals surface area contributed by atoms with Crippen molar-refractivity contribution in [2.45, 2.75) is 19.3 Å². The Morgan fingerprint density at radius 3 is 2.77 bits per heavy atom. The van der Waals surface area contributed by atoms with E-state index >= 15 is 0 Å². The van der Waals surface area contributed by atoms with Crippen molar-refractivity contribution in [1.29, 1.82) is 0 Å². The largest absolute Gasteiger partial charge is 0.310 e. The van der Waals surface area contributed by atoms with Gasteiger partial charge >= 0.3 is 0 Å². The average molecular weight is 374 g/mol. The Bertz CT molecular complexity index is 1070. The van der Waals surface area contributed by atoms with E-state index < -0.39 is 5.82 Å². The van der Waals surface area contributed by atoms with E-state index in [1.54, 1.807) is 6.07 Å². The first kappa shape index (κ1) is 16.5. The average Bonchev–Trinajstić information content (AvgIpc) is 2.91. The number of H-pyrrole nitrogens is 1. The van der Waals surface area contributed by atoms with Gasteiger partial charge in [0.2, 0.25) is 5.91 Å². The zero-order valence-corrected chi connectivity index (χ0v) is 14.3. The SMILES string of the molecule is Cc1nn(-c2ccc(=O)[nH]n2)c2c1[C@H](c1ccc(F)cc1Cl)CC(=O)N2. The van der Waals surface area contributed by atoms with Crippen LogP contribution < -0.4 is 10.9 Å². The summed E-state index contributed by atoms with van der Waals surface area (Å²) in [7, 11) is 0. The van der Waals surface area contributed by atoms with Gasteiger partial charge in [-0.2, -0.15) is 14.9 Å². The second-order valence-electron chi connectivity index (χ2n) is 6.01.